The largest absolute Gasteiger partial charge is 0.378 e. The molecule has 5 nitrogen and oxygen atoms in total. The average Bonchev–Trinajstić information content (AvgIpc) is 3.07. The van der Waals surface area contributed by atoms with Crippen LogP contribution in [0.1, 0.15) is 24.4 Å². The predicted octanol–water partition coefficient (Wildman–Crippen LogP) is 5.66. The van der Waals surface area contributed by atoms with Gasteiger partial charge < -0.3 is 14.2 Å². The van der Waals surface area contributed by atoms with E-state index in [1.54, 1.807) is 30.3 Å². The van der Waals surface area contributed by atoms with Crippen LogP contribution in [0.5, 0.6) is 0 Å². The lowest BCUT2D eigenvalue weighted by molar-refractivity contribution is -0.138. The number of benzene rings is 2. The van der Waals surface area contributed by atoms with Crippen molar-refractivity contribution in [1.82, 2.24) is 14.5 Å². The highest BCUT2D eigenvalue weighted by atomic mass is 35.5. The summed E-state index contributed by atoms with van der Waals surface area (Å²) >= 11 is 25.3. The normalized spacial score (nSPS) is 15.6. The molecule has 3 aromatic rings. The lowest BCUT2D eigenvalue weighted by Gasteiger charge is -2.30. The molecule has 1 fully saturated rings. The number of carbonyl (C=O) groups excluding carboxylic acids is 1. The zero-order valence-corrected chi connectivity index (χ0v) is 19.2. The van der Waals surface area contributed by atoms with Crippen molar-refractivity contribution in [1.29, 1.82) is 0 Å². The molecule has 0 radical (unpaired) electrons. The molecule has 0 unspecified atom stereocenters. The lowest BCUT2D eigenvalue weighted by atomic mass is 10.1. The standard InChI is InChI=1S/C21H19Cl4N3O2/c1-12(21(29)27-5-7-30-8-6-27)28-19-11-17(25)16(24)10-18(19)26-20(28)9-13-14(22)3-2-4-15(13)23/h2-4,10-12H,5-9H2,1H3/t12-/m1/s1. The van der Waals surface area contributed by atoms with Gasteiger partial charge in [-0.25, -0.2) is 4.98 Å². The highest BCUT2D eigenvalue weighted by Gasteiger charge is 2.28. The third-order valence-electron chi connectivity index (χ3n) is 5.27. The minimum Gasteiger partial charge on any atom is -0.378 e. The number of carbonyl (C=O) groups is 1. The number of amides is 1. The van der Waals surface area contributed by atoms with Gasteiger partial charge in [-0.3, -0.25) is 4.79 Å². The van der Waals surface area contributed by atoms with E-state index in [0.717, 1.165) is 11.1 Å². The van der Waals surface area contributed by atoms with Crippen molar-refractivity contribution in [3.63, 3.8) is 0 Å². The van der Waals surface area contributed by atoms with Gasteiger partial charge in [0.25, 0.3) is 0 Å². The van der Waals surface area contributed by atoms with Gasteiger partial charge in [0.2, 0.25) is 5.91 Å². The molecule has 2 aromatic carbocycles. The fraction of sp³-hybridized carbons (Fsp3) is 0.333. The van der Waals surface area contributed by atoms with Gasteiger partial charge in [0.1, 0.15) is 11.9 Å². The molecule has 1 aromatic heterocycles. The summed E-state index contributed by atoms with van der Waals surface area (Å²) in [5, 5.41) is 1.90. The van der Waals surface area contributed by atoms with Crippen LogP contribution in [0.3, 0.4) is 0 Å². The molecule has 4 rings (SSSR count). The Morgan fingerprint density at radius 3 is 2.37 bits per heavy atom. The number of imidazole rings is 1. The minimum atomic E-state index is -0.499. The molecular formula is C21H19Cl4N3O2. The van der Waals surface area contributed by atoms with E-state index in [-0.39, 0.29) is 5.91 Å². The molecule has 0 spiro atoms. The van der Waals surface area contributed by atoms with Gasteiger partial charge in [-0.1, -0.05) is 52.5 Å². The number of hydrogen-bond donors (Lipinski definition) is 0. The second-order valence-electron chi connectivity index (χ2n) is 7.14. The first-order valence-electron chi connectivity index (χ1n) is 9.52. The number of ether oxygens (including phenoxy) is 1. The van der Waals surface area contributed by atoms with Crippen LogP contribution in [0, 0.1) is 0 Å². The van der Waals surface area contributed by atoms with Crippen molar-refractivity contribution >= 4 is 63.3 Å². The predicted molar refractivity (Wildman–Crippen MR) is 121 cm³/mol. The van der Waals surface area contributed by atoms with Crippen LogP contribution >= 0.6 is 46.4 Å². The fourth-order valence-corrected chi connectivity index (χ4v) is 4.56. The van der Waals surface area contributed by atoms with Crippen LogP contribution in [-0.4, -0.2) is 46.7 Å². The Morgan fingerprint density at radius 1 is 1.07 bits per heavy atom. The second-order valence-corrected chi connectivity index (χ2v) is 8.77. The van der Waals surface area contributed by atoms with E-state index >= 15 is 0 Å². The monoisotopic (exact) mass is 485 g/mol. The maximum Gasteiger partial charge on any atom is 0.245 e. The van der Waals surface area contributed by atoms with Gasteiger partial charge in [0.15, 0.2) is 0 Å². The number of nitrogens with zero attached hydrogens (tertiary/aromatic N) is 3. The van der Waals surface area contributed by atoms with Crippen molar-refractivity contribution in [2.24, 2.45) is 0 Å². The van der Waals surface area contributed by atoms with Crippen LogP contribution < -0.4 is 0 Å². The van der Waals surface area contributed by atoms with Crippen LogP contribution in [0.2, 0.25) is 20.1 Å². The molecule has 30 heavy (non-hydrogen) atoms. The SMILES string of the molecule is C[C@H](C(=O)N1CCOCC1)n1c(Cc2c(Cl)cccc2Cl)nc2cc(Cl)c(Cl)cc21. The third kappa shape index (κ3) is 4.14. The average molecular weight is 487 g/mol. The van der Waals surface area contributed by atoms with E-state index in [0.29, 0.717) is 64.2 Å². The van der Waals surface area contributed by atoms with E-state index in [2.05, 4.69) is 0 Å². The van der Waals surface area contributed by atoms with Crippen LogP contribution in [0.15, 0.2) is 30.3 Å². The summed E-state index contributed by atoms with van der Waals surface area (Å²) in [5.74, 6) is 0.655. The number of aromatic nitrogens is 2. The quantitative estimate of drug-likeness (QED) is 0.478. The Morgan fingerprint density at radius 2 is 1.70 bits per heavy atom. The lowest BCUT2D eigenvalue weighted by Crippen LogP contribution is -2.43. The summed E-state index contributed by atoms with van der Waals surface area (Å²) in [4.78, 5) is 19.8. The van der Waals surface area contributed by atoms with E-state index in [4.69, 9.17) is 56.1 Å². The molecule has 1 saturated heterocycles. The molecule has 0 N–H and O–H groups in total. The zero-order chi connectivity index (χ0) is 21.4. The molecule has 9 heteroatoms. The van der Waals surface area contributed by atoms with Gasteiger partial charge in [-0.2, -0.15) is 0 Å². The molecule has 0 bridgehead atoms. The van der Waals surface area contributed by atoms with Crippen molar-refractivity contribution in [2.75, 3.05) is 26.3 Å². The molecule has 1 atom stereocenters. The molecule has 1 amide bonds. The molecule has 2 heterocycles. The summed E-state index contributed by atoms with van der Waals surface area (Å²) in [5.41, 5.74) is 2.14. The minimum absolute atomic E-state index is 0.00446. The van der Waals surface area contributed by atoms with Crippen LogP contribution in [0.4, 0.5) is 0 Å². The first kappa shape index (κ1) is 21.7. The Bertz CT molecular complexity index is 1090. The first-order chi connectivity index (χ1) is 14.4. The summed E-state index contributed by atoms with van der Waals surface area (Å²) in [6.45, 7) is 4.06. The van der Waals surface area contributed by atoms with E-state index < -0.39 is 6.04 Å². The Labute approximate surface area is 194 Å². The van der Waals surface area contributed by atoms with Gasteiger partial charge in [0, 0.05) is 29.6 Å². The molecule has 1 aliphatic rings. The summed E-state index contributed by atoms with van der Waals surface area (Å²) in [7, 11) is 0. The van der Waals surface area contributed by atoms with Crippen LogP contribution in [-0.2, 0) is 16.0 Å². The Hall–Kier alpha value is -1.50. The first-order valence-corrected chi connectivity index (χ1v) is 11.0. The number of morpholine rings is 1. The highest BCUT2D eigenvalue weighted by molar-refractivity contribution is 6.42. The fourth-order valence-electron chi connectivity index (χ4n) is 3.71. The van der Waals surface area contributed by atoms with E-state index in [1.165, 1.54) is 0 Å². The van der Waals surface area contributed by atoms with Crippen molar-refractivity contribution in [3.8, 4) is 0 Å². The molecule has 1 aliphatic heterocycles. The topological polar surface area (TPSA) is 47.4 Å². The van der Waals surface area contributed by atoms with E-state index in [1.807, 2.05) is 16.4 Å². The number of hydrogen-bond acceptors (Lipinski definition) is 3. The molecule has 158 valence electrons. The van der Waals surface area contributed by atoms with Crippen molar-refractivity contribution < 1.29 is 9.53 Å². The van der Waals surface area contributed by atoms with Crippen molar-refractivity contribution in [2.45, 2.75) is 19.4 Å². The Kier molecular flexibility index (Phi) is 6.47. The van der Waals surface area contributed by atoms with Crippen LogP contribution in [0.25, 0.3) is 11.0 Å². The summed E-state index contributed by atoms with van der Waals surface area (Å²) in [6.07, 6.45) is 0.364. The van der Waals surface area contributed by atoms with Gasteiger partial charge in [-0.15, -0.1) is 0 Å². The molecular weight excluding hydrogens is 468 g/mol. The van der Waals surface area contributed by atoms with Gasteiger partial charge in [0.05, 0.1) is 34.3 Å². The molecule has 0 aliphatic carbocycles. The third-order valence-corrected chi connectivity index (χ3v) is 6.70. The number of fused-ring (bicyclic) bond motifs is 1. The maximum atomic E-state index is 13.2. The van der Waals surface area contributed by atoms with Crippen molar-refractivity contribution in [3.05, 3.63) is 61.8 Å². The highest BCUT2D eigenvalue weighted by Crippen LogP contribution is 2.33. The van der Waals surface area contributed by atoms with E-state index in [9.17, 15) is 4.79 Å². The zero-order valence-electron chi connectivity index (χ0n) is 16.2. The number of rotatable bonds is 4. The van der Waals surface area contributed by atoms with Gasteiger partial charge in [-0.05, 0) is 36.8 Å². The summed E-state index contributed by atoms with van der Waals surface area (Å²) in [6, 6.07) is 8.31. The van der Waals surface area contributed by atoms with Gasteiger partial charge >= 0.3 is 0 Å². The number of halogens is 4. The Balaban J connectivity index is 1.82. The second kappa shape index (κ2) is 8.93. The maximum absolute atomic E-state index is 13.2. The molecule has 0 saturated carbocycles. The smallest absolute Gasteiger partial charge is 0.245 e. The summed E-state index contributed by atoms with van der Waals surface area (Å²) < 4.78 is 7.27.